The van der Waals surface area contributed by atoms with Crippen LogP contribution in [0, 0.1) is 11.8 Å². The monoisotopic (exact) mass is 270 g/mol. The summed E-state index contributed by atoms with van der Waals surface area (Å²) < 4.78 is 67.3. The van der Waals surface area contributed by atoms with Crippen molar-refractivity contribution in [3.05, 3.63) is 35.4 Å². The quantitative estimate of drug-likeness (QED) is 0.667. The molecule has 1 N–H and O–H groups in total. The summed E-state index contributed by atoms with van der Waals surface area (Å²) in [5.74, 6) is 3.86. The summed E-state index contributed by atoms with van der Waals surface area (Å²) in [5.41, 5.74) is -2.49. The van der Waals surface area contributed by atoms with Crippen LogP contribution in [0.5, 0.6) is 0 Å². The van der Waals surface area contributed by atoms with Gasteiger partial charge in [0.2, 0.25) is 0 Å². The highest BCUT2D eigenvalue weighted by molar-refractivity contribution is 5.89. The van der Waals surface area contributed by atoms with E-state index in [0.717, 1.165) is 0 Å². The van der Waals surface area contributed by atoms with Gasteiger partial charge in [-0.1, -0.05) is 18.7 Å². The van der Waals surface area contributed by atoms with Gasteiger partial charge < -0.3 is 14.6 Å². The smallest absolute Gasteiger partial charge is 0.337 e. The Kier molecular flexibility index (Phi) is 2.59. The van der Waals surface area contributed by atoms with Crippen LogP contribution < -0.4 is 0 Å². The number of ether oxygens (including phenoxy) is 2. The van der Waals surface area contributed by atoms with Crippen molar-refractivity contribution >= 4 is 5.97 Å². The molecule has 0 spiro atoms. The molecule has 1 rings (SSSR count). The van der Waals surface area contributed by atoms with Crippen LogP contribution in [-0.2, 0) is 9.47 Å². The molecule has 1 atom stereocenters. The largest absolute Gasteiger partial charge is 0.465 e. The lowest BCUT2D eigenvalue weighted by molar-refractivity contribution is 0.0111. The molecular weight excluding hydrogens is 244 g/mol. The molecular formula is C15H18O4. The molecule has 4 nitrogen and oxygen atoms in total. The zero-order valence-corrected chi connectivity index (χ0v) is 10.2. The number of rotatable bonds is 4. The Morgan fingerprint density at radius 3 is 2.84 bits per heavy atom. The second kappa shape index (κ2) is 6.93. The van der Waals surface area contributed by atoms with E-state index >= 15 is 0 Å². The van der Waals surface area contributed by atoms with Crippen LogP contribution in [0.15, 0.2) is 24.3 Å². The number of carbonyl (C=O) groups is 1. The third-order valence-electron chi connectivity index (χ3n) is 2.21. The molecule has 102 valence electrons. The summed E-state index contributed by atoms with van der Waals surface area (Å²) in [5, 5.41) is 10.5. The molecule has 0 bridgehead atoms. The van der Waals surface area contributed by atoms with Crippen molar-refractivity contribution in [3.63, 3.8) is 0 Å². The van der Waals surface area contributed by atoms with Crippen LogP contribution in [0.2, 0.25) is 0 Å². The van der Waals surface area contributed by atoms with E-state index in [2.05, 4.69) is 21.3 Å². The van der Waals surface area contributed by atoms with E-state index < -0.39 is 38.4 Å². The van der Waals surface area contributed by atoms with Crippen LogP contribution in [0.4, 0.5) is 0 Å². The lowest BCUT2D eigenvalue weighted by Gasteiger charge is -2.18. The summed E-state index contributed by atoms with van der Waals surface area (Å²) in [7, 11) is -1.78. The Hall–Kier alpha value is -1.83. The molecule has 0 saturated carbocycles. The van der Waals surface area contributed by atoms with E-state index in [1.165, 1.54) is 31.4 Å². The Labute approximate surface area is 124 Å². The summed E-state index contributed by atoms with van der Waals surface area (Å²) in [6, 6.07) is 5.48. The van der Waals surface area contributed by atoms with Gasteiger partial charge in [0.05, 0.1) is 23.4 Å². The second-order valence-corrected chi connectivity index (χ2v) is 3.59. The minimum absolute atomic E-state index is 0.219. The van der Waals surface area contributed by atoms with Crippen molar-refractivity contribution in [2.75, 3.05) is 20.8 Å². The van der Waals surface area contributed by atoms with Crippen molar-refractivity contribution in [1.82, 2.24) is 0 Å². The minimum atomic E-state index is -3.30. The molecule has 0 saturated heterocycles. The zero-order chi connectivity index (χ0) is 21.1. The van der Waals surface area contributed by atoms with Gasteiger partial charge in [-0.25, -0.2) is 4.79 Å². The predicted molar refractivity (Wildman–Crippen MR) is 71.8 cm³/mol. The third kappa shape index (κ3) is 4.40. The molecule has 0 fully saturated rings. The van der Waals surface area contributed by atoms with Gasteiger partial charge in [-0.2, -0.15) is 0 Å². The Bertz CT molecular complexity index is 727. The van der Waals surface area contributed by atoms with E-state index in [9.17, 15) is 9.90 Å². The lowest BCUT2D eigenvalue weighted by atomic mass is 10.0. The van der Waals surface area contributed by atoms with Gasteiger partial charge in [-0.3, -0.25) is 0 Å². The van der Waals surface area contributed by atoms with Crippen molar-refractivity contribution in [2.24, 2.45) is 0 Å². The molecule has 1 aromatic carbocycles. The van der Waals surface area contributed by atoms with Crippen molar-refractivity contribution in [3.8, 4) is 11.8 Å². The lowest BCUT2D eigenvalue weighted by Crippen LogP contribution is -2.31. The average Bonchev–Trinajstić information content (AvgIpc) is 2.56. The highest BCUT2D eigenvalue weighted by Gasteiger charge is 2.21. The Morgan fingerprint density at radius 1 is 1.53 bits per heavy atom. The van der Waals surface area contributed by atoms with Crippen molar-refractivity contribution in [1.29, 1.82) is 0 Å². The van der Waals surface area contributed by atoms with E-state index in [0.29, 0.717) is 0 Å². The van der Waals surface area contributed by atoms with Crippen molar-refractivity contribution in [2.45, 2.75) is 18.8 Å². The molecule has 0 amide bonds. The van der Waals surface area contributed by atoms with Gasteiger partial charge in [0.15, 0.2) is 0 Å². The summed E-state index contributed by atoms with van der Waals surface area (Å²) in [6.07, 6.45) is -3.29. The summed E-state index contributed by atoms with van der Waals surface area (Å²) in [6.45, 7) is -4.49. The van der Waals surface area contributed by atoms with Gasteiger partial charge in [0, 0.05) is 19.5 Å². The Balaban J connectivity index is 3.26. The first-order valence-corrected chi connectivity index (χ1v) is 5.21. The number of hydrogen-bond acceptors (Lipinski definition) is 4. The van der Waals surface area contributed by atoms with Crippen LogP contribution in [0.25, 0.3) is 0 Å². The van der Waals surface area contributed by atoms with Crippen LogP contribution in [-0.4, -0.2) is 37.4 Å². The molecule has 0 unspecified atom stereocenters. The average molecular weight is 270 g/mol. The molecule has 1 aromatic rings. The first kappa shape index (κ1) is 7.09. The number of esters is 1. The summed E-state index contributed by atoms with van der Waals surface area (Å²) in [4.78, 5) is 11.4. The van der Waals surface area contributed by atoms with Gasteiger partial charge in [0.25, 0.3) is 0 Å². The van der Waals surface area contributed by atoms with Crippen LogP contribution in [0.1, 0.15) is 40.1 Å². The third-order valence-corrected chi connectivity index (χ3v) is 2.21. The van der Waals surface area contributed by atoms with Gasteiger partial charge in [0.1, 0.15) is 5.60 Å². The molecule has 19 heavy (non-hydrogen) atoms. The van der Waals surface area contributed by atoms with Gasteiger partial charge in [-0.05, 0) is 30.6 Å². The second-order valence-electron chi connectivity index (χ2n) is 3.59. The van der Waals surface area contributed by atoms with Crippen LogP contribution >= 0.6 is 0 Å². The molecule has 0 aliphatic heterocycles. The molecule has 0 radical (unpaired) electrons. The Morgan fingerprint density at radius 2 is 2.26 bits per heavy atom. The van der Waals surface area contributed by atoms with Crippen molar-refractivity contribution < 1.29 is 30.3 Å². The topological polar surface area (TPSA) is 55.8 Å². The van der Waals surface area contributed by atoms with E-state index in [-0.39, 0.29) is 11.1 Å². The number of methoxy groups -OCH3 is 2. The first-order chi connectivity index (χ1) is 12.1. The molecule has 4 heteroatoms. The van der Waals surface area contributed by atoms with E-state index in [4.69, 9.17) is 11.0 Å². The number of carbonyl (C=O) groups excluding carboxylic acids is 1. The van der Waals surface area contributed by atoms with Crippen LogP contribution in [0.3, 0.4) is 0 Å². The maximum Gasteiger partial charge on any atom is 0.337 e. The molecule has 0 aromatic heterocycles. The maximum absolute atomic E-state index is 11.4. The molecule has 0 aliphatic rings. The summed E-state index contributed by atoms with van der Waals surface area (Å²) >= 11 is 0. The van der Waals surface area contributed by atoms with E-state index in [1.807, 2.05) is 0 Å². The highest BCUT2D eigenvalue weighted by atomic mass is 16.5. The molecule has 0 heterocycles. The minimum Gasteiger partial charge on any atom is -0.465 e. The fraction of sp³-hybridized carbons (Fsp3) is 0.400. The zero-order valence-electron chi connectivity index (χ0n) is 18.2. The van der Waals surface area contributed by atoms with E-state index in [1.54, 1.807) is 0 Å². The predicted octanol–water partition coefficient (Wildman–Crippen LogP) is 1.61. The highest BCUT2D eigenvalue weighted by Crippen LogP contribution is 2.10. The number of hydrogen-bond donors (Lipinski definition) is 1. The molecule has 0 aliphatic carbocycles. The number of benzene rings is 1. The number of aliphatic hydroxyl groups is 1. The standard InChI is InChI=1S/C15H18O4/c1-4-15(17,11-18-2)10-9-12-5-7-13(8-6-12)14(16)19-3/h5-8,17H,4,11H2,1-3H3/t15-/m0/s1/i1D3,2D3,4D2. The SMILES string of the molecule is [2H]C([2H])([2H])OC[C@@](O)(C#Cc1ccc(C(=O)OC)cc1)C([2H])([2H])C([2H])([2H])[2H]. The maximum atomic E-state index is 11.4. The fourth-order valence-electron chi connectivity index (χ4n) is 1.19. The fourth-order valence-corrected chi connectivity index (χ4v) is 1.19. The first-order valence-electron chi connectivity index (χ1n) is 9.21. The van der Waals surface area contributed by atoms with Gasteiger partial charge in [-0.15, -0.1) is 0 Å². The van der Waals surface area contributed by atoms with Gasteiger partial charge >= 0.3 is 5.97 Å². The normalized spacial score (nSPS) is 21.4.